The van der Waals surface area contributed by atoms with Crippen LogP contribution in [0.15, 0.2) is 60.0 Å². The van der Waals surface area contributed by atoms with Gasteiger partial charge in [-0.25, -0.2) is 0 Å². The number of nitrogens with one attached hydrogen (secondary N) is 2. The zero-order chi connectivity index (χ0) is 16.4. The summed E-state index contributed by atoms with van der Waals surface area (Å²) >= 11 is 0. The van der Waals surface area contributed by atoms with Crippen molar-refractivity contribution in [3.63, 3.8) is 0 Å². The van der Waals surface area contributed by atoms with Crippen LogP contribution in [0.2, 0.25) is 0 Å². The Morgan fingerprint density at radius 3 is 1.72 bits per heavy atom. The average Bonchev–Trinajstić information content (AvgIpc) is 3.33. The fourth-order valence-corrected chi connectivity index (χ4v) is 4.31. The Hall–Kier alpha value is -2.88. The summed E-state index contributed by atoms with van der Waals surface area (Å²) in [6, 6.07) is 17.0. The Bertz CT molecular complexity index is 882. The van der Waals surface area contributed by atoms with Crippen molar-refractivity contribution in [2.75, 3.05) is 0 Å². The second-order valence-corrected chi connectivity index (χ2v) is 7.00. The van der Waals surface area contributed by atoms with Gasteiger partial charge in [0.1, 0.15) is 11.5 Å². The topological polar surface area (TPSA) is 42.5 Å². The maximum atomic E-state index is 6.15. The highest BCUT2D eigenvalue weighted by atomic mass is 16.5. The van der Waals surface area contributed by atoms with E-state index in [9.17, 15) is 0 Å². The molecule has 0 aromatic heterocycles. The molecule has 4 aliphatic rings. The molecular weight excluding hydrogens is 312 g/mol. The van der Waals surface area contributed by atoms with Crippen molar-refractivity contribution in [2.24, 2.45) is 0 Å². The molecule has 0 fully saturated rings. The van der Waals surface area contributed by atoms with E-state index in [2.05, 4.69) is 59.2 Å². The van der Waals surface area contributed by atoms with Crippen LogP contribution in [0.25, 0.3) is 11.4 Å². The molecule has 2 aromatic carbocycles. The van der Waals surface area contributed by atoms with Gasteiger partial charge in [0.15, 0.2) is 12.5 Å². The van der Waals surface area contributed by atoms with Crippen LogP contribution in [0.3, 0.4) is 0 Å². The Labute approximate surface area is 146 Å². The molecule has 0 bridgehead atoms. The summed E-state index contributed by atoms with van der Waals surface area (Å²) in [5, 5.41) is 7.08. The number of fused-ring (bicyclic) bond motifs is 4. The van der Waals surface area contributed by atoms with Crippen LogP contribution in [0.4, 0.5) is 0 Å². The van der Waals surface area contributed by atoms with E-state index < -0.39 is 0 Å². The normalized spacial score (nSPS) is 24.8. The highest BCUT2D eigenvalue weighted by Gasteiger charge is 2.37. The molecule has 2 aliphatic carbocycles. The quantitative estimate of drug-likeness (QED) is 0.888. The lowest BCUT2D eigenvalue weighted by atomic mass is 10.1. The first kappa shape index (κ1) is 13.4. The van der Waals surface area contributed by atoms with Gasteiger partial charge in [0, 0.05) is 24.0 Å². The van der Waals surface area contributed by atoms with E-state index in [1.807, 2.05) is 0 Å². The molecule has 0 spiro atoms. The van der Waals surface area contributed by atoms with E-state index >= 15 is 0 Å². The van der Waals surface area contributed by atoms with Gasteiger partial charge < -0.3 is 20.1 Å². The first-order chi connectivity index (χ1) is 12.3. The van der Waals surface area contributed by atoms with E-state index in [4.69, 9.17) is 9.47 Å². The molecule has 2 aromatic rings. The smallest absolute Gasteiger partial charge is 0.175 e. The fourth-order valence-electron chi connectivity index (χ4n) is 4.31. The fraction of sp³-hybridized carbons (Fsp3) is 0.238. The lowest BCUT2D eigenvalue weighted by Crippen LogP contribution is -2.34. The van der Waals surface area contributed by atoms with Gasteiger partial charge in [-0.15, -0.1) is 0 Å². The largest absolute Gasteiger partial charge is 0.472 e. The molecule has 0 radical (unpaired) electrons. The van der Waals surface area contributed by atoms with Gasteiger partial charge in [0.25, 0.3) is 0 Å². The van der Waals surface area contributed by atoms with Crippen molar-refractivity contribution in [3.8, 4) is 0 Å². The summed E-state index contributed by atoms with van der Waals surface area (Å²) in [7, 11) is 0. The molecule has 2 heterocycles. The summed E-state index contributed by atoms with van der Waals surface area (Å²) in [5.41, 5.74) is 7.54. The molecule has 2 atom stereocenters. The molecule has 1 unspecified atom stereocenters. The van der Waals surface area contributed by atoms with Gasteiger partial charge in [-0.3, -0.25) is 0 Å². The molecular formula is C21H18N2O2. The van der Waals surface area contributed by atoms with Crippen molar-refractivity contribution < 1.29 is 9.47 Å². The Balaban J connectivity index is 1.15. The SMILES string of the molecule is c1ccc2c(c1)CC1=C2NC(C[C@@H]2NC3=C(Cc4ccccc43)O2)O1. The summed E-state index contributed by atoms with van der Waals surface area (Å²) in [6.45, 7) is 0. The molecule has 6 rings (SSSR count). The zero-order valence-corrected chi connectivity index (χ0v) is 13.7. The number of hydrogen-bond acceptors (Lipinski definition) is 4. The second kappa shape index (κ2) is 4.82. The number of benzene rings is 2. The van der Waals surface area contributed by atoms with Crippen LogP contribution in [0, 0.1) is 0 Å². The van der Waals surface area contributed by atoms with E-state index in [0.717, 1.165) is 42.2 Å². The lowest BCUT2D eigenvalue weighted by molar-refractivity contribution is 0.0407. The lowest BCUT2D eigenvalue weighted by Gasteiger charge is -2.21. The first-order valence-electron chi connectivity index (χ1n) is 8.84. The molecule has 0 saturated carbocycles. The number of ether oxygens (including phenoxy) is 2. The number of allylic oxidation sites excluding steroid dienone is 2. The summed E-state index contributed by atoms with van der Waals surface area (Å²) < 4.78 is 12.3. The Morgan fingerprint density at radius 1 is 0.720 bits per heavy atom. The molecule has 4 nitrogen and oxygen atoms in total. The predicted octanol–water partition coefficient (Wildman–Crippen LogP) is 3.12. The van der Waals surface area contributed by atoms with Crippen LogP contribution in [0.5, 0.6) is 0 Å². The van der Waals surface area contributed by atoms with Gasteiger partial charge in [-0.05, 0) is 11.1 Å². The summed E-state index contributed by atoms with van der Waals surface area (Å²) in [6.07, 6.45) is 2.47. The van der Waals surface area contributed by atoms with E-state index in [1.165, 1.54) is 22.3 Å². The van der Waals surface area contributed by atoms with Crippen LogP contribution in [-0.2, 0) is 22.3 Å². The van der Waals surface area contributed by atoms with E-state index in [-0.39, 0.29) is 12.5 Å². The minimum atomic E-state index is -0.0360. The molecule has 4 heteroatoms. The van der Waals surface area contributed by atoms with Gasteiger partial charge in [-0.2, -0.15) is 0 Å². The Morgan fingerprint density at radius 2 is 1.20 bits per heavy atom. The second-order valence-electron chi connectivity index (χ2n) is 7.00. The van der Waals surface area contributed by atoms with E-state index in [0.29, 0.717) is 0 Å². The average molecular weight is 330 g/mol. The maximum Gasteiger partial charge on any atom is 0.175 e. The van der Waals surface area contributed by atoms with Gasteiger partial charge >= 0.3 is 0 Å². The van der Waals surface area contributed by atoms with Crippen molar-refractivity contribution in [1.29, 1.82) is 0 Å². The minimum Gasteiger partial charge on any atom is -0.472 e. The minimum absolute atomic E-state index is 0.0360. The monoisotopic (exact) mass is 330 g/mol. The third-order valence-corrected chi connectivity index (χ3v) is 5.44. The highest BCUT2D eigenvalue weighted by Crippen LogP contribution is 2.39. The molecule has 2 N–H and O–H groups in total. The molecule has 0 amide bonds. The van der Waals surface area contributed by atoms with Crippen molar-refractivity contribution >= 4 is 11.4 Å². The molecule has 2 aliphatic heterocycles. The molecule has 124 valence electrons. The number of hydrogen-bond donors (Lipinski definition) is 2. The van der Waals surface area contributed by atoms with Crippen LogP contribution in [0.1, 0.15) is 28.7 Å². The van der Waals surface area contributed by atoms with Crippen molar-refractivity contribution in [2.45, 2.75) is 31.7 Å². The predicted molar refractivity (Wildman–Crippen MR) is 94.8 cm³/mol. The summed E-state index contributed by atoms with van der Waals surface area (Å²) in [4.78, 5) is 0. The highest BCUT2D eigenvalue weighted by molar-refractivity contribution is 5.76. The van der Waals surface area contributed by atoms with Crippen molar-refractivity contribution in [1.82, 2.24) is 10.6 Å². The van der Waals surface area contributed by atoms with Gasteiger partial charge in [0.2, 0.25) is 0 Å². The zero-order valence-electron chi connectivity index (χ0n) is 13.7. The first-order valence-corrected chi connectivity index (χ1v) is 8.84. The van der Waals surface area contributed by atoms with Gasteiger partial charge in [-0.1, -0.05) is 48.5 Å². The molecule has 0 saturated heterocycles. The van der Waals surface area contributed by atoms with Gasteiger partial charge in [0.05, 0.1) is 17.8 Å². The summed E-state index contributed by atoms with van der Waals surface area (Å²) in [5.74, 6) is 2.13. The molecule has 25 heavy (non-hydrogen) atoms. The third-order valence-electron chi connectivity index (χ3n) is 5.44. The standard InChI is InChI=1S/C21H18N2O2/c1-3-7-14-12(5-1)9-16-20(14)22-18(24-16)11-19-23-21-15-8-4-2-6-13(15)10-17(21)25-19/h1-8,18-19,22-23H,9-11H2/t18-,19?/m1/s1. The van der Waals surface area contributed by atoms with Crippen molar-refractivity contribution in [3.05, 3.63) is 82.3 Å². The maximum absolute atomic E-state index is 6.15. The van der Waals surface area contributed by atoms with E-state index in [1.54, 1.807) is 0 Å². The number of rotatable bonds is 2. The van der Waals surface area contributed by atoms with Crippen LogP contribution >= 0.6 is 0 Å². The third kappa shape index (κ3) is 1.94. The van der Waals surface area contributed by atoms with Crippen LogP contribution < -0.4 is 10.6 Å². The Kier molecular flexibility index (Phi) is 2.59. The van der Waals surface area contributed by atoms with Crippen LogP contribution in [-0.4, -0.2) is 12.5 Å².